The van der Waals surface area contributed by atoms with E-state index in [1.165, 1.54) is 0 Å². The highest BCUT2D eigenvalue weighted by molar-refractivity contribution is 6.39. The number of carbonyl (C=O) groups is 3. The molecule has 22 heavy (non-hydrogen) atoms. The molecule has 2 unspecified atom stereocenters. The van der Waals surface area contributed by atoms with Gasteiger partial charge in [0.2, 0.25) is 0 Å². The highest BCUT2D eigenvalue weighted by atomic mass is 16.6. The summed E-state index contributed by atoms with van der Waals surface area (Å²) in [5.41, 5.74) is -1.52. The molecular formula is C14H23NO7. The zero-order valence-corrected chi connectivity index (χ0v) is 13.5. The van der Waals surface area contributed by atoms with Crippen molar-refractivity contribution in [2.45, 2.75) is 32.8 Å². The van der Waals surface area contributed by atoms with Crippen molar-refractivity contribution in [3.8, 4) is 0 Å². The molecule has 2 atom stereocenters. The summed E-state index contributed by atoms with van der Waals surface area (Å²) >= 11 is 0. The molecule has 0 radical (unpaired) electrons. The molecule has 2 N–H and O–H groups in total. The van der Waals surface area contributed by atoms with E-state index in [0.29, 0.717) is 0 Å². The van der Waals surface area contributed by atoms with Crippen molar-refractivity contribution in [1.29, 1.82) is 5.41 Å². The van der Waals surface area contributed by atoms with E-state index in [2.05, 4.69) is 9.47 Å². The molecule has 0 aromatic heterocycles. The Bertz CT molecular complexity index is 439. The van der Waals surface area contributed by atoms with E-state index in [1.54, 1.807) is 20.8 Å². The molecule has 0 heterocycles. The zero-order chi connectivity index (χ0) is 17.5. The molecule has 8 heteroatoms. The maximum atomic E-state index is 11.9. The van der Waals surface area contributed by atoms with Crippen LogP contribution in [-0.4, -0.2) is 55.2 Å². The average Bonchev–Trinajstić information content (AvgIpc) is 2.43. The van der Waals surface area contributed by atoms with E-state index in [-0.39, 0.29) is 6.42 Å². The monoisotopic (exact) mass is 317 g/mol. The summed E-state index contributed by atoms with van der Waals surface area (Å²) in [6, 6.07) is 0. The minimum atomic E-state index is -1.41. The van der Waals surface area contributed by atoms with E-state index in [9.17, 15) is 19.5 Å². The lowest BCUT2D eigenvalue weighted by atomic mass is 9.86. The van der Waals surface area contributed by atoms with Gasteiger partial charge in [0.05, 0.1) is 20.6 Å². The second-order valence-electron chi connectivity index (χ2n) is 5.64. The third-order valence-corrected chi connectivity index (χ3v) is 2.75. The Kier molecular flexibility index (Phi) is 7.72. The Balaban J connectivity index is 5.34. The predicted octanol–water partition coefficient (Wildman–Crippen LogP) is 0.309. The summed E-state index contributed by atoms with van der Waals surface area (Å²) in [5.74, 6) is -5.01. The van der Waals surface area contributed by atoms with E-state index in [0.717, 1.165) is 14.2 Å². The number of nitrogens with one attached hydrogen (secondary N) is 1. The zero-order valence-electron chi connectivity index (χ0n) is 13.5. The summed E-state index contributed by atoms with van der Waals surface area (Å²) in [4.78, 5) is 35.1. The number of carbonyl (C=O) groups excluding carboxylic acids is 3. The molecule has 0 fully saturated rings. The standard InChI is InChI=1S/C14H23NO7/c1-14(2,3)22-13(19)11(15)10(12(18)21-5)8(7-16)6-9(17)20-4/h8,10,15-16H,6-7H2,1-5H3. The van der Waals surface area contributed by atoms with E-state index in [1.807, 2.05) is 0 Å². The molecule has 0 rings (SSSR count). The largest absolute Gasteiger partial charge is 0.469 e. The van der Waals surface area contributed by atoms with Gasteiger partial charge in [-0.15, -0.1) is 0 Å². The first-order valence-corrected chi connectivity index (χ1v) is 6.64. The molecule has 0 aliphatic heterocycles. The number of hydrogen-bond donors (Lipinski definition) is 2. The second-order valence-corrected chi connectivity index (χ2v) is 5.64. The summed E-state index contributed by atoms with van der Waals surface area (Å²) in [6.45, 7) is 4.25. The van der Waals surface area contributed by atoms with E-state index >= 15 is 0 Å². The van der Waals surface area contributed by atoms with Gasteiger partial charge < -0.3 is 19.3 Å². The fourth-order valence-electron chi connectivity index (χ4n) is 1.72. The molecule has 0 saturated heterocycles. The number of aliphatic hydroxyl groups is 1. The Morgan fingerprint density at radius 3 is 2.05 bits per heavy atom. The highest BCUT2D eigenvalue weighted by Gasteiger charge is 2.39. The topological polar surface area (TPSA) is 123 Å². The lowest BCUT2D eigenvalue weighted by Gasteiger charge is -2.25. The molecule has 0 aromatic carbocycles. The average molecular weight is 317 g/mol. The van der Waals surface area contributed by atoms with Gasteiger partial charge >= 0.3 is 17.9 Å². The first-order valence-electron chi connectivity index (χ1n) is 6.64. The number of hydrogen-bond acceptors (Lipinski definition) is 8. The highest BCUT2D eigenvalue weighted by Crippen LogP contribution is 2.21. The fraction of sp³-hybridized carbons (Fsp3) is 0.714. The molecule has 0 aromatic rings. The molecule has 0 bridgehead atoms. The number of methoxy groups -OCH3 is 2. The molecule has 0 saturated carbocycles. The SMILES string of the molecule is COC(=O)CC(CO)C(C(=N)C(=O)OC(C)(C)C)C(=O)OC. The van der Waals surface area contributed by atoms with Gasteiger partial charge in [-0.1, -0.05) is 0 Å². The Hall–Kier alpha value is -1.96. The second kappa shape index (κ2) is 8.47. The Labute approximate surface area is 129 Å². The molecule has 8 nitrogen and oxygen atoms in total. The van der Waals surface area contributed by atoms with Crippen LogP contribution in [0.5, 0.6) is 0 Å². The van der Waals surface area contributed by atoms with Crippen molar-refractivity contribution in [1.82, 2.24) is 0 Å². The van der Waals surface area contributed by atoms with Gasteiger partial charge in [0, 0.05) is 12.5 Å². The lowest BCUT2D eigenvalue weighted by molar-refractivity contribution is -0.152. The van der Waals surface area contributed by atoms with Crippen molar-refractivity contribution in [3.05, 3.63) is 0 Å². The van der Waals surface area contributed by atoms with Crippen LogP contribution in [0.3, 0.4) is 0 Å². The van der Waals surface area contributed by atoms with Gasteiger partial charge in [-0.05, 0) is 20.8 Å². The van der Waals surface area contributed by atoms with Crippen molar-refractivity contribution in [2.24, 2.45) is 11.8 Å². The minimum absolute atomic E-state index is 0.335. The lowest BCUT2D eigenvalue weighted by Crippen LogP contribution is -2.41. The Morgan fingerprint density at radius 1 is 1.14 bits per heavy atom. The summed E-state index contributed by atoms with van der Waals surface area (Å²) < 4.78 is 14.1. The van der Waals surface area contributed by atoms with Crippen molar-refractivity contribution in [2.75, 3.05) is 20.8 Å². The van der Waals surface area contributed by atoms with E-state index in [4.69, 9.17) is 10.1 Å². The smallest absolute Gasteiger partial charge is 0.353 e. The number of aliphatic hydroxyl groups excluding tert-OH is 1. The molecule has 0 amide bonds. The van der Waals surface area contributed by atoms with Gasteiger partial charge in [-0.3, -0.25) is 15.0 Å². The van der Waals surface area contributed by atoms with Crippen LogP contribution in [0.1, 0.15) is 27.2 Å². The van der Waals surface area contributed by atoms with Crippen molar-refractivity contribution < 1.29 is 33.7 Å². The maximum absolute atomic E-state index is 11.9. The number of ether oxygens (including phenoxy) is 3. The maximum Gasteiger partial charge on any atom is 0.353 e. The summed E-state index contributed by atoms with van der Waals surface area (Å²) in [7, 11) is 2.24. The van der Waals surface area contributed by atoms with Gasteiger partial charge in [0.1, 0.15) is 17.2 Å². The van der Waals surface area contributed by atoms with Crippen LogP contribution < -0.4 is 0 Å². The van der Waals surface area contributed by atoms with Gasteiger partial charge in [-0.25, -0.2) is 4.79 Å². The third kappa shape index (κ3) is 6.21. The third-order valence-electron chi connectivity index (χ3n) is 2.75. The van der Waals surface area contributed by atoms with Crippen LogP contribution in [0.2, 0.25) is 0 Å². The van der Waals surface area contributed by atoms with Gasteiger partial charge in [-0.2, -0.15) is 0 Å². The molecule has 0 aliphatic carbocycles. The Morgan fingerprint density at radius 2 is 1.68 bits per heavy atom. The minimum Gasteiger partial charge on any atom is -0.469 e. The van der Waals surface area contributed by atoms with Crippen LogP contribution in [0.25, 0.3) is 0 Å². The molecule has 0 spiro atoms. The van der Waals surface area contributed by atoms with Crippen LogP contribution in [0.4, 0.5) is 0 Å². The normalized spacial score (nSPS) is 13.7. The van der Waals surface area contributed by atoms with Crippen LogP contribution in [0, 0.1) is 17.2 Å². The van der Waals surface area contributed by atoms with Crippen molar-refractivity contribution >= 4 is 23.6 Å². The van der Waals surface area contributed by atoms with Crippen LogP contribution in [0.15, 0.2) is 0 Å². The molecule has 0 aliphatic rings. The first-order chi connectivity index (χ1) is 10.1. The van der Waals surface area contributed by atoms with Gasteiger partial charge in [0.25, 0.3) is 0 Å². The van der Waals surface area contributed by atoms with Crippen LogP contribution in [-0.2, 0) is 28.6 Å². The fourth-order valence-corrected chi connectivity index (χ4v) is 1.72. The van der Waals surface area contributed by atoms with E-state index < -0.39 is 47.7 Å². The quantitative estimate of drug-likeness (QED) is 0.393. The number of esters is 3. The number of rotatable bonds is 7. The molecular weight excluding hydrogens is 294 g/mol. The first kappa shape index (κ1) is 20.0. The summed E-state index contributed by atoms with van der Waals surface area (Å²) in [5, 5.41) is 17.2. The summed E-state index contributed by atoms with van der Waals surface area (Å²) in [6.07, 6.45) is -0.335. The predicted molar refractivity (Wildman–Crippen MR) is 76.3 cm³/mol. The van der Waals surface area contributed by atoms with Crippen molar-refractivity contribution in [3.63, 3.8) is 0 Å². The van der Waals surface area contributed by atoms with Crippen LogP contribution >= 0.6 is 0 Å². The van der Waals surface area contributed by atoms with Gasteiger partial charge in [0.15, 0.2) is 0 Å². The molecule has 126 valence electrons.